The molecule has 26 heavy (non-hydrogen) atoms. The molecule has 3 amide bonds. The van der Waals surface area contributed by atoms with Crippen molar-refractivity contribution in [3.8, 4) is 0 Å². The second-order valence-corrected chi connectivity index (χ2v) is 8.32. The maximum absolute atomic E-state index is 12.5. The maximum atomic E-state index is 12.5. The summed E-state index contributed by atoms with van der Waals surface area (Å²) < 4.78 is 0. The van der Waals surface area contributed by atoms with Crippen molar-refractivity contribution in [3.63, 3.8) is 0 Å². The van der Waals surface area contributed by atoms with E-state index in [4.69, 9.17) is 0 Å². The second-order valence-electron chi connectivity index (χ2n) is 8.32. The van der Waals surface area contributed by atoms with Crippen LogP contribution in [0.25, 0.3) is 0 Å². The van der Waals surface area contributed by atoms with Gasteiger partial charge in [-0.3, -0.25) is 14.4 Å². The quantitative estimate of drug-likeness (QED) is 0.647. The van der Waals surface area contributed by atoms with Gasteiger partial charge in [-0.25, -0.2) is 0 Å². The Morgan fingerprint density at radius 2 is 1.88 bits per heavy atom. The van der Waals surface area contributed by atoms with E-state index in [0.29, 0.717) is 25.4 Å². The van der Waals surface area contributed by atoms with Gasteiger partial charge in [0.1, 0.15) is 6.04 Å². The summed E-state index contributed by atoms with van der Waals surface area (Å²) in [5.74, 6) is 0.901. The fraction of sp³-hybridized carbons (Fsp3) is 0.850. The van der Waals surface area contributed by atoms with Crippen molar-refractivity contribution in [2.24, 2.45) is 17.8 Å². The first-order valence-electron chi connectivity index (χ1n) is 10.2. The highest BCUT2D eigenvalue weighted by atomic mass is 16.2. The number of carbonyl (C=O) groups is 3. The molecule has 1 aliphatic heterocycles. The Kier molecular flexibility index (Phi) is 7.91. The van der Waals surface area contributed by atoms with Crippen LogP contribution in [-0.2, 0) is 14.4 Å². The minimum absolute atomic E-state index is 0.0217. The summed E-state index contributed by atoms with van der Waals surface area (Å²) in [5, 5.41) is 5.90. The van der Waals surface area contributed by atoms with Crippen LogP contribution in [0, 0.1) is 17.8 Å². The van der Waals surface area contributed by atoms with E-state index in [1.165, 1.54) is 0 Å². The van der Waals surface area contributed by atoms with E-state index in [2.05, 4.69) is 17.6 Å². The summed E-state index contributed by atoms with van der Waals surface area (Å²) >= 11 is 0. The van der Waals surface area contributed by atoms with E-state index in [-0.39, 0.29) is 29.6 Å². The molecular weight excluding hydrogens is 330 g/mol. The van der Waals surface area contributed by atoms with E-state index >= 15 is 0 Å². The number of nitrogens with zero attached hydrogens (tertiary/aromatic N) is 1. The van der Waals surface area contributed by atoms with Crippen LogP contribution in [0.5, 0.6) is 0 Å². The monoisotopic (exact) mass is 365 g/mol. The van der Waals surface area contributed by atoms with Crippen molar-refractivity contribution in [2.75, 3.05) is 19.6 Å². The number of amides is 3. The Morgan fingerprint density at radius 3 is 2.46 bits per heavy atom. The number of nitrogens with one attached hydrogen (secondary N) is 2. The highest BCUT2D eigenvalue weighted by molar-refractivity contribution is 5.88. The summed E-state index contributed by atoms with van der Waals surface area (Å²) in [6.07, 6.45) is 6.35. The van der Waals surface area contributed by atoms with Crippen LogP contribution in [0.15, 0.2) is 0 Å². The Labute approximate surface area is 157 Å². The van der Waals surface area contributed by atoms with Crippen molar-refractivity contribution in [3.05, 3.63) is 0 Å². The number of rotatable bonds is 8. The third-order valence-corrected chi connectivity index (χ3v) is 5.71. The molecule has 6 heteroatoms. The molecule has 1 heterocycles. The predicted octanol–water partition coefficient (Wildman–Crippen LogP) is 2.08. The largest absolute Gasteiger partial charge is 0.354 e. The molecule has 0 spiro atoms. The first-order chi connectivity index (χ1) is 12.4. The molecule has 0 aromatic rings. The minimum Gasteiger partial charge on any atom is -0.354 e. The number of hydrogen-bond acceptors (Lipinski definition) is 3. The molecule has 0 aromatic heterocycles. The van der Waals surface area contributed by atoms with E-state index in [9.17, 15) is 14.4 Å². The van der Waals surface area contributed by atoms with Gasteiger partial charge in [0, 0.05) is 32.0 Å². The SMILES string of the molecule is CC1CCC(C(=O)NC(C(=O)NCCCN2CCCC2=O)C(C)C)CC1. The second kappa shape index (κ2) is 9.93. The van der Waals surface area contributed by atoms with Crippen molar-refractivity contribution in [1.29, 1.82) is 0 Å². The van der Waals surface area contributed by atoms with Gasteiger partial charge in [0.15, 0.2) is 0 Å². The van der Waals surface area contributed by atoms with Crippen molar-refractivity contribution < 1.29 is 14.4 Å². The smallest absolute Gasteiger partial charge is 0.242 e. The summed E-state index contributed by atoms with van der Waals surface area (Å²) in [6.45, 7) is 8.19. The summed E-state index contributed by atoms with van der Waals surface area (Å²) in [5.41, 5.74) is 0. The van der Waals surface area contributed by atoms with Gasteiger partial charge < -0.3 is 15.5 Å². The molecule has 2 rings (SSSR count). The van der Waals surface area contributed by atoms with Crippen molar-refractivity contribution >= 4 is 17.7 Å². The molecule has 2 aliphatic rings. The molecule has 1 unspecified atom stereocenters. The van der Waals surface area contributed by atoms with Gasteiger partial charge >= 0.3 is 0 Å². The molecule has 1 atom stereocenters. The lowest BCUT2D eigenvalue weighted by Crippen LogP contribution is -2.51. The maximum Gasteiger partial charge on any atom is 0.242 e. The minimum atomic E-state index is -0.490. The lowest BCUT2D eigenvalue weighted by Gasteiger charge is -2.28. The van der Waals surface area contributed by atoms with Gasteiger partial charge in [0.25, 0.3) is 0 Å². The Morgan fingerprint density at radius 1 is 1.19 bits per heavy atom. The van der Waals surface area contributed by atoms with Crippen LogP contribution in [0.2, 0.25) is 0 Å². The van der Waals surface area contributed by atoms with Gasteiger partial charge in [-0.15, -0.1) is 0 Å². The molecule has 0 bridgehead atoms. The summed E-state index contributed by atoms with van der Waals surface area (Å²) in [4.78, 5) is 38.5. The van der Waals surface area contributed by atoms with E-state index in [1.807, 2.05) is 18.7 Å². The first kappa shape index (κ1) is 20.7. The van der Waals surface area contributed by atoms with Gasteiger partial charge in [-0.2, -0.15) is 0 Å². The summed E-state index contributed by atoms with van der Waals surface area (Å²) in [6, 6.07) is -0.490. The average Bonchev–Trinajstić information content (AvgIpc) is 3.01. The number of carbonyl (C=O) groups excluding carboxylic acids is 3. The molecule has 2 N–H and O–H groups in total. The Bertz CT molecular complexity index is 499. The highest BCUT2D eigenvalue weighted by Crippen LogP contribution is 2.28. The molecule has 1 saturated carbocycles. The first-order valence-corrected chi connectivity index (χ1v) is 10.2. The molecule has 148 valence electrons. The lowest BCUT2D eigenvalue weighted by molar-refractivity contribution is -0.132. The van der Waals surface area contributed by atoms with E-state index in [0.717, 1.165) is 45.1 Å². The Hall–Kier alpha value is -1.59. The van der Waals surface area contributed by atoms with Crippen LogP contribution in [0.3, 0.4) is 0 Å². The molecular formula is C20H35N3O3. The molecule has 1 saturated heterocycles. The topological polar surface area (TPSA) is 78.5 Å². The number of hydrogen-bond donors (Lipinski definition) is 2. The molecule has 1 aliphatic carbocycles. The zero-order valence-electron chi connectivity index (χ0n) is 16.6. The molecule has 0 radical (unpaired) electrons. The van der Waals surface area contributed by atoms with Gasteiger partial charge in [0.05, 0.1) is 0 Å². The van der Waals surface area contributed by atoms with E-state index < -0.39 is 6.04 Å². The predicted molar refractivity (Wildman–Crippen MR) is 101 cm³/mol. The van der Waals surface area contributed by atoms with Crippen LogP contribution >= 0.6 is 0 Å². The standard InChI is InChI=1S/C20H35N3O3/c1-14(2)18(22-19(25)16-9-7-15(3)8-10-16)20(26)21-11-5-13-23-12-4-6-17(23)24/h14-16,18H,4-13H2,1-3H3,(H,21,26)(H,22,25). The van der Waals surface area contributed by atoms with Gasteiger partial charge in [-0.05, 0) is 50.4 Å². The van der Waals surface area contributed by atoms with Gasteiger partial charge in [0.2, 0.25) is 17.7 Å². The zero-order valence-corrected chi connectivity index (χ0v) is 16.6. The lowest BCUT2D eigenvalue weighted by atomic mass is 9.82. The van der Waals surface area contributed by atoms with Crippen LogP contribution in [0.1, 0.15) is 65.7 Å². The van der Waals surface area contributed by atoms with Crippen LogP contribution in [-0.4, -0.2) is 48.3 Å². The van der Waals surface area contributed by atoms with E-state index in [1.54, 1.807) is 0 Å². The average molecular weight is 366 g/mol. The Balaban J connectivity index is 1.73. The number of likely N-dealkylation sites (tertiary alicyclic amines) is 1. The fourth-order valence-corrected chi connectivity index (χ4v) is 3.86. The molecule has 2 fully saturated rings. The third kappa shape index (κ3) is 5.99. The zero-order chi connectivity index (χ0) is 19.1. The van der Waals surface area contributed by atoms with Gasteiger partial charge in [-0.1, -0.05) is 20.8 Å². The molecule has 0 aromatic carbocycles. The normalized spacial score (nSPS) is 24.6. The van der Waals surface area contributed by atoms with Crippen molar-refractivity contribution in [2.45, 2.75) is 71.8 Å². The van der Waals surface area contributed by atoms with Crippen LogP contribution < -0.4 is 10.6 Å². The summed E-state index contributed by atoms with van der Waals surface area (Å²) in [7, 11) is 0. The molecule has 6 nitrogen and oxygen atoms in total. The highest BCUT2D eigenvalue weighted by Gasteiger charge is 2.29. The fourth-order valence-electron chi connectivity index (χ4n) is 3.86. The third-order valence-electron chi connectivity index (χ3n) is 5.71. The van der Waals surface area contributed by atoms with Crippen molar-refractivity contribution in [1.82, 2.24) is 15.5 Å². The van der Waals surface area contributed by atoms with Crippen LogP contribution in [0.4, 0.5) is 0 Å².